The highest BCUT2D eigenvalue weighted by molar-refractivity contribution is 7.85. The maximum atomic E-state index is 11.3. The van der Waals surface area contributed by atoms with E-state index in [9.17, 15) is 4.21 Å². The van der Waals surface area contributed by atoms with Gasteiger partial charge in [0.15, 0.2) is 0 Å². The topological polar surface area (TPSA) is 45.2 Å². The fourth-order valence-electron chi connectivity index (χ4n) is 2.16. The summed E-state index contributed by atoms with van der Waals surface area (Å²) in [6, 6.07) is 4.96. The molecule has 1 saturated heterocycles. The van der Waals surface area contributed by atoms with E-state index in [1.165, 1.54) is 18.4 Å². The third kappa shape index (κ3) is 3.09. The van der Waals surface area contributed by atoms with Crippen LogP contribution in [0.25, 0.3) is 0 Å². The predicted molar refractivity (Wildman–Crippen MR) is 74.2 cm³/mol. The van der Waals surface area contributed by atoms with Crippen molar-refractivity contribution < 1.29 is 4.21 Å². The quantitative estimate of drug-likeness (QED) is 0.878. The molecule has 1 aliphatic carbocycles. The first-order valence-corrected chi connectivity index (χ1v) is 8.08. The molecule has 0 amide bonds. The van der Waals surface area contributed by atoms with E-state index in [4.69, 9.17) is 0 Å². The molecule has 1 aromatic rings. The van der Waals surface area contributed by atoms with Gasteiger partial charge in [-0.25, -0.2) is 4.98 Å². The second-order valence-electron chi connectivity index (χ2n) is 5.01. The van der Waals surface area contributed by atoms with Crippen molar-refractivity contribution in [3.05, 3.63) is 23.9 Å². The molecule has 2 fully saturated rings. The highest BCUT2D eigenvalue weighted by atomic mass is 32.2. The van der Waals surface area contributed by atoms with Crippen LogP contribution in [0.5, 0.6) is 0 Å². The molecule has 98 valence electrons. The van der Waals surface area contributed by atoms with E-state index in [0.717, 1.165) is 43.0 Å². The van der Waals surface area contributed by atoms with E-state index < -0.39 is 10.8 Å². The molecule has 1 aromatic heterocycles. The monoisotopic (exact) mass is 265 g/mol. The van der Waals surface area contributed by atoms with Gasteiger partial charge in [0, 0.05) is 54.2 Å². The first kappa shape index (κ1) is 12.1. The van der Waals surface area contributed by atoms with Crippen molar-refractivity contribution in [2.24, 2.45) is 0 Å². The molecule has 18 heavy (non-hydrogen) atoms. The fraction of sp³-hybridized carbons (Fsp3) is 0.615. The Morgan fingerprint density at radius 2 is 2.17 bits per heavy atom. The number of rotatable bonds is 4. The van der Waals surface area contributed by atoms with Gasteiger partial charge in [0.2, 0.25) is 0 Å². The molecule has 0 atom stereocenters. The zero-order valence-electron chi connectivity index (χ0n) is 10.5. The van der Waals surface area contributed by atoms with Gasteiger partial charge in [0.25, 0.3) is 0 Å². The Morgan fingerprint density at radius 1 is 1.39 bits per heavy atom. The highest BCUT2D eigenvalue weighted by Crippen LogP contribution is 2.20. The second-order valence-corrected chi connectivity index (χ2v) is 6.71. The second kappa shape index (κ2) is 5.36. The molecule has 5 heteroatoms. The predicted octanol–water partition coefficient (Wildman–Crippen LogP) is 0.902. The molecule has 1 aliphatic heterocycles. The highest BCUT2D eigenvalue weighted by Gasteiger charge is 2.20. The molecule has 1 saturated carbocycles. The Hall–Kier alpha value is -0.940. The average Bonchev–Trinajstić information content (AvgIpc) is 3.22. The Kier molecular flexibility index (Phi) is 3.61. The standard InChI is InChI=1S/C13H19N3OS/c17-18-7-5-16(6-8-18)13-9-11(3-4-14-13)10-15-12-1-2-12/h3-4,9,12,15H,1-2,5-8,10H2. The number of nitrogens with zero attached hydrogens (tertiary/aromatic N) is 2. The third-order valence-corrected chi connectivity index (χ3v) is 4.76. The maximum Gasteiger partial charge on any atom is 0.128 e. The summed E-state index contributed by atoms with van der Waals surface area (Å²) >= 11 is 0. The number of hydrogen-bond donors (Lipinski definition) is 1. The van der Waals surface area contributed by atoms with Crippen LogP contribution in [0.15, 0.2) is 18.3 Å². The molecule has 0 radical (unpaired) electrons. The summed E-state index contributed by atoms with van der Waals surface area (Å²) < 4.78 is 11.3. The van der Waals surface area contributed by atoms with Crippen LogP contribution in [0.1, 0.15) is 18.4 Å². The average molecular weight is 265 g/mol. The van der Waals surface area contributed by atoms with E-state index in [2.05, 4.69) is 27.3 Å². The van der Waals surface area contributed by atoms with Gasteiger partial charge in [0.05, 0.1) is 0 Å². The van der Waals surface area contributed by atoms with Crippen LogP contribution in [0, 0.1) is 0 Å². The zero-order chi connectivity index (χ0) is 12.4. The largest absolute Gasteiger partial charge is 0.355 e. The van der Waals surface area contributed by atoms with Crippen molar-refractivity contribution in [3.63, 3.8) is 0 Å². The Balaban J connectivity index is 1.63. The number of hydrogen-bond acceptors (Lipinski definition) is 4. The molecule has 0 unspecified atom stereocenters. The maximum absolute atomic E-state index is 11.3. The van der Waals surface area contributed by atoms with Crippen LogP contribution in [0.3, 0.4) is 0 Å². The lowest BCUT2D eigenvalue weighted by atomic mass is 10.2. The first-order chi connectivity index (χ1) is 8.81. The SMILES string of the molecule is O=S1CCN(c2cc(CNC3CC3)ccn2)CC1. The summed E-state index contributed by atoms with van der Waals surface area (Å²) in [5, 5.41) is 3.52. The minimum absolute atomic E-state index is 0.623. The van der Waals surface area contributed by atoms with E-state index in [1.54, 1.807) is 0 Å². The summed E-state index contributed by atoms with van der Waals surface area (Å²) in [5.74, 6) is 2.57. The molecule has 3 rings (SSSR count). The first-order valence-electron chi connectivity index (χ1n) is 6.59. The molecule has 4 nitrogen and oxygen atoms in total. The van der Waals surface area contributed by atoms with Crippen molar-refractivity contribution >= 4 is 16.6 Å². The van der Waals surface area contributed by atoms with Gasteiger partial charge in [-0.2, -0.15) is 0 Å². The fourth-order valence-corrected chi connectivity index (χ4v) is 3.21. The van der Waals surface area contributed by atoms with E-state index >= 15 is 0 Å². The van der Waals surface area contributed by atoms with Gasteiger partial charge in [-0.1, -0.05) is 0 Å². The lowest BCUT2D eigenvalue weighted by Crippen LogP contribution is -2.38. The van der Waals surface area contributed by atoms with Gasteiger partial charge in [-0.05, 0) is 30.5 Å². The minimum Gasteiger partial charge on any atom is -0.355 e. The van der Waals surface area contributed by atoms with Crippen LogP contribution in [0.4, 0.5) is 5.82 Å². The lowest BCUT2D eigenvalue weighted by molar-refractivity contribution is 0.671. The van der Waals surface area contributed by atoms with Gasteiger partial charge < -0.3 is 10.2 Å². The van der Waals surface area contributed by atoms with E-state index in [1.807, 2.05) is 6.20 Å². The van der Waals surface area contributed by atoms with E-state index in [0.29, 0.717) is 0 Å². The van der Waals surface area contributed by atoms with Crippen molar-refractivity contribution in [2.75, 3.05) is 29.5 Å². The normalized spacial score (nSPS) is 21.2. The summed E-state index contributed by atoms with van der Waals surface area (Å²) in [5.41, 5.74) is 1.29. The van der Waals surface area contributed by atoms with Crippen LogP contribution in [0.2, 0.25) is 0 Å². The summed E-state index contributed by atoms with van der Waals surface area (Å²) in [4.78, 5) is 6.67. The van der Waals surface area contributed by atoms with Crippen molar-refractivity contribution in [3.8, 4) is 0 Å². The molecule has 2 aliphatic rings. The summed E-state index contributed by atoms with van der Waals surface area (Å²) in [7, 11) is -0.623. The number of anilines is 1. The molecule has 1 N–H and O–H groups in total. The smallest absolute Gasteiger partial charge is 0.128 e. The van der Waals surface area contributed by atoms with Crippen molar-refractivity contribution in [1.29, 1.82) is 0 Å². The number of pyridine rings is 1. The van der Waals surface area contributed by atoms with Gasteiger partial charge >= 0.3 is 0 Å². The van der Waals surface area contributed by atoms with Gasteiger partial charge in [-0.3, -0.25) is 4.21 Å². The van der Waals surface area contributed by atoms with Crippen molar-refractivity contribution in [2.45, 2.75) is 25.4 Å². The minimum atomic E-state index is -0.623. The molecular weight excluding hydrogens is 246 g/mol. The Labute approximate surface area is 110 Å². The molecule has 0 aromatic carbocycles. The summed E-state index contributed by atoms with van der Waals surface area (Å²) in [6.07, 6.45) is 4.51. The third-order valence-electron chi connectivity index (χ3n) is 3.48. The summed E-state index contributed by atoms with van der Waals surface area (Å²) in [6.45, 7) is 2.65. The van der Waals surface area contributed by atoms with Crippen molar-refractivity contribution in [1.82, 2.24) is 10.3 Å². The zero-order valence-corrected chi connectivity index (χ0v) is 11.3. The molecule has 2 heterocycles. The molecule has 0 bridgehead atoms. The molecular formula is C13H19N3OS. The van der Waals surface area contributed by atoms with Crippen LogP contribution >= 0.6 is 0 Å². The van der Waals surface area contributed by atoms with Gasteiger partial charge in [0.1, 0.15) is 5.82 Å². The van der Waals surface area contributed by atoms with E-state index in [-0.39, 0.29) is 0 Å². The van der Waals surface area contributed by atoms with Gasteiger partial charge in [-0.15, -0.1) is 0 Å². The number of nitrogens with one attached hydrogen (secondary N) is 1. The molecule has 0 spiro atoms. The number of aromatic nitrogens is 1. The Bertz CT molecular complexity index is 438. The van der Waals surface area contributed by atoms with Crippen LogP contribution in [-0.2, 0) is 17.3 Å². The van der Waals surface area contributed by atoms with Crippen LogP contribution in [-0.4, -0.2) is 39.8 Å². The lowest BCUT2D eigenvalue weighted by Gasteiger charge is -2.27. The Morgan fingerprint density at radius 3 is 2.89 bits per heavy atom. The van der Waals surface area contributed by atoms with Crippen LogP contribution < -0.4 is 10.2 Å².